The fraction of sp³-hybridized carbons (Fsp3) is 0.500. The molecule has 0 N–H and O–H groups in total. The van der Waals surface area contributed by atoms with E-state index in [4.69, 9.17) is 9.47 Å². The number of ether oxygens (including phenoxy) is 2. The van der Waals surface area contributed by atoms with E-state index in [-0.39, 0.29) is 0 Å². The normalized spacial score (nSPS) is 20.2. The van der Waals surface area contributed by atoms with Gasteiger partial charge in [-0.15, -0.1) is 0 Å². The highest BCUT2D eigenvalue weighted by Crippen LogP contribution is 2.36. The number of rotatable bonds is 5. The van der Waals surface area contributed by atoms with Gasteiger partial charge in [-0.2, -0.15) is 9.97 Å². The van der Waals surface area contributed by atoms with Crippen LogP contribution in [0.2, 0.25) is 0 Å². The van der Waals surface area contributed by atoms with Crippen molar-refractivity contribution in [1.29, 1.82) is 0 Å². The summed E-state index contributed by atoms with van der Waals surface area (Å²) in [6.07, 6.45) is 4.00. The van der Waals surface area contributed by atoms with Gasteiger partial charge in [0.25, 0.3) is 0 Å². The maximum Gasteiger partial charge on any atom is 0.220 e. The van der Waals surface area contributed by atoms with Crippen LogP contribution in [-0.2, 0) is 0 Å². The van der Waals surface area contributed by atoms with Gasteiger partial charge in [-0.25, -0.2) is 0 Å². The van der Waals surface area contributed by atoms with Gasteiger partial charge in [0, 0.05) is 30.6 Å². The topological polar surface area (TPSA) is 50.7 Å². The van der Waals surface area contributed by atoms with Crippen LogP contribution in [0, 0.1) is 0 Å². The molecule has 1 atom stereocenters. The molecule has 0 saturated carbocycles. The number of hydrogen-bond acceptors (Lipinski definition) is 7. The lowest BCUT2D eigenvalue weighted by Crippen LogP contribution is -2.55. The Morgan fingerprint density at radius 3 is 2.56 bits per heavy atom. The van der Waals surface area contributed by atoms with E-state index < -0.39 is 0 Å². The third-order valence-corrected chi connectivity index (χ3v) is 6.25. The molecule has 7 heteroatoms. The van der Waals surface area contributed by atoms with Gasteiger partial charge >= 0.3 is 0 Å². The first-order valence-electron chi connectivity index (χ1n) is 9.50. The number of fused-ring (bicyclic) bond motifs is 1. The Morgan fingerprint density at radius 1 is 1.00 bits per heavy atom. The monoisotopic (exact) mass is 386 g/mol. The minimum absolute atomic E-state index is 0.512. The zero-order valence-electron chi connectivity index (χ0n) is 15.9. The Labute approximate surface area is 164 Å². The van der Waals surface area contributed by atoms with Crippen LogP contribution in [0.5, 0.6) is 11.8 Å². The van der Waals surface area contributed by atoms with Crippen LogP contribution in [0.4, 0.5) is 5.69 Å². The summed E-state index contributed by atoms with van der Waals surface area (Å²) >= 11 is 1.56. The number of piperazine rings is 1. The maximum atomic E-state index is 5.28. The summed E-state index contributed by atoms with van der Waals surface area (Å²) in [5, 5.41) is 0.634. The molecule has 0 bridgehead atoms. The van der Waals surface area contributed by atoms with E-state index in [9.17, 15) is 0 Å². The zero-order chi connectivity index (χ0) is 18.6. The van der Waals surface area contributed by atoms with Crippen LogP contribution in [0.15, 0.2) is 40.4 Å². The number of piperidine rings is 1. The molecule has 27 heavy (non-hydrogen) atoms. The van der Waals surface area contributed by atoms with E-state index in [1.165, 1.54) is 31.5 Å². The van der Waals surface area contributed by atoms with Crippen LogP contribution in [0.3, 0.4) is 0 Å². The Hall–Kier alpha value is -1.99. The van der Waals surface area contributed by atoms with E-state index >= 15 is 0 Å². The van der Waals surface area contributed by atoms with Gasteiger partial charge in [0.2, 0.25) is 11.8 Å². The van der Waals surface area contributed by atoms with Gasteiger partial charge in [0.05, 0.1) is 26.0 Å². The van der Waals surface area contributed by atoms with Crippen molar-refractivity contribution >= 4 is 17.4 Å². The molecule has 3 heterocycles. The molecule has 0 spiro atoms. The molecule has 2 saturated heterocycles. The number of aromatic nitrogens is 2. The Morgan fingerprint density at radius 2 is 1.78 bits per heavy atom. The highest BCUT2D eigenvalue weighted by Gasteiger charge is 2.29. The van der Waals surface area contributed by atoms with Crippen LogP contribution >= 0.6 is 11.8 Å². The molecular weight excluding hydrogens is 360 g/mol. The first kappa shape index (κ1) is 18.4. The quantitative estimate of drug-likeness (QED) is 0.731. The number of nitrogens with zero attached hydrogens (tertiary/aromatic N) is 4. The minimum atomic E-state index is 0.512. The van der Waals surface area contributed by atoms with E-state index in [0.717, 1.165) is 24.5 Å². The highest BCUT2D eigenvalue weighted by atomic mass is 32.2. The third kappa shape index (κ3) is 4.14. The molecule has 0 aliphatic carbocycles. The Kier molecular flexibility index (Phi) is 5.69. The minimum Gasteiger partial charge on any atom is -0.481 e. The summed E-state index contributed by atoms with van der Waals surface area (Å²) in [6.45, 7) is 4.57. The van der Waals surface area contributed by atoms with Gasteiger partial charge in [0.1, 0.15) is 0 Å². The van der Waals surface area contributed by atoms with Gasteiger partial charge in [-0.05, 0) is 43.3 Å². The second-order valence-corrected chi connectivity index (χ2v) is 7.95. The second kappa shape index (κ2) is 8.35. The third-order valence-electron chi connectivity index (χ3n) is 5.32. The average molecular weight is 387 g/mol. The number of para-hydroxylation sites is 1. The van der Waals surface area contributed by atoms with Crippen LogP contribution in [-0.4, -0.2) is 61.3 Å². The number of anilines is 1. The smallest absolute Gasteiger partial charge is 0.220 e. The molecule has 4 rings (SSSR count). The lowest BCUT2D eigenvalue weighted by Gasteiger charge is -2.45. The summed E-state index contributed by atoms with van der Waals surface area (Å²) in [4.78, 5) is 15.3. The van der Waals surface area contributed by atoms with E-state index in [2.05, 4.69) is 44.0 Å². The van der Waals surface area contributed by atoms with Crippen molar-refractivity contribution in [2.24, 2.45) is 0 Å². The zero-order valence-corrected chi connectivity index (χ0v) is 16.7. The Bertz CT molecular complexity index is 766. The fourth-order valence-corrected chi connectivity index (χ4v) is 4.83. The molecule has 2 aliphatic rings. The summed E-state index contributed by atoms with van der Waals surface area (Å²) in [6, 6.07) is 10.9. The molecule has 2 aliphatic heterocycles. The molecule has 1 aromatic carbocycles. The Balaban J connectivity index is 1.57. The van der Waals surface area contributed by atoms with Crippen molar-refractivity contribution in [3.05, 3.63) is 30.3 Å². The molecule has 2 aromatic rings. The van der Waals surface area contributed by atoms with E-state index in [1.807, 2.05) is 0 Å². The van der Waals surface area contributed by atoms with E-state index in [1.54, 1.807) is 32.0 Å². The van der Waals surface area contributed by atoms with Gasteiger partial charge in [0.15, 0.2) is 5.16 Å². The van der Waals surface area contributed by atoms with Crippen molar-refractivity contribution in [2.75, 3.05) is 45.3 Å². The predicted octanol–water partition coefficient (Wildman–Crippen LogP) is 3.32. The van der Waals surface area contributed by atoms with Crippen LogP contribution in [0.1, 0.15) is 19.3 Å². The molecule has 2 fully saturated rings. The first-order chi connectivity index (χ1) is 13.3. The summed E-state index contributed by atoms with van der Waals surface area (Å²) < 4.78 is 10.6. The lowest BCUT2D eigenvalue weighted by molar-refractivity contribution is 0.133. The van der Waals surface area contributed by atoms with Crippen molar-refractivity contribution < 1.29 is 9.47 Å². The highest BCUT2D eigenvalue weighted by molar-refractivity contribution is 7.99. The van der Waals surface area contributed by atoms with Crippen molar-refractivity contribution in [3.63, 3.8) is 0 Å². The first-order valence-corrected chi connectivity index (χ1v) is 10.3. The van der Waals surface area contributed by atoms with Crippen LogP contribution < -0.4 is 14.4 Å². The van der Waals surface area contributed by atoms with Gasteiger partial charge in [-0.3, -0.25) is 4.90 Å². The van der Waals surface area contributed by atoms with Crippen molar-refractivity contribution in [1.82, 2.24) is 14.9 Å². The summed E-state index contributed by atoms with van der Waals surface area (Å²) in [7, 11) is 3.21. The fourth-order valence-electron chi connectivity index (χ4n) is 3.92. The molecule has 0 amide bonds. The predicted molar refractivity (Wildman–Crippen MR) is 107 cm³/mol. The van der Waals surface area contributed by atoms with Gasteiger partial charge < -0.3 is 14.4 Å². The second-order valence-electron chi connectivity index (χ2n) is 6.94. The van der Waals surface area contributed by atoms with Crippen molar-refractivity contribution in [2.45, 2.75) is 35.4 Å². The largest absolute Gasteiger partial charge is 0.481 e. The molecule has 1 unspecified atom stereocenters. The summed E-state index contributed by atoms with van der Waals surface area (Å²) in [5.41, 5.74) is 1.26. The summed E-state index contributed by atoms with van der Waals surface area (Å²) in [5.74, 6) is 1.02. The van der Waals surface area contributed by atoms with E-state index in [0.29, 0.717) is 23.0 Å². The number of methoxy groups -OCH3 is 2. The number of hydrogen-bond donors (Lipinski definition) is 0. The average Bonchev–Trinajstić information content (AvgIpc) is 2.73. The standard InChI is InChI=1S/C20H26N4O2S/c1-25-18-13-19(26-2)22-20(21-18)27-17-9-4-3-8-16(17)24-12-11-23-10-6-5-7-15(23)14-24/h3-4,8-9,13,15H,5-7,10-12,14H2,1-2H3. The molecular formula is C20H26N4O2S. The maximum absolute atomic E-state index is 5.28. The number of benzene rings is 1. The SMILES string of the molecule is COc1cc(OC)nc(Sc2ccccc2N2CCN3CCCCC3C2)n1. The molecule has 6 nitrogen and oxygen atoms in total. The van der Waals surface area contributed by atoms with Crippen LogP contribution in [0.25, 0.3) is 0 Å². The molecule has 1 aromatic heterocycles. The lowest BCUT2D eigenvalue weighted by atomic mass is 9.99. The van der Waals surface area contributed by atoms with Crippen molar-refractivity contribution in [3.8, 4) is 11.8 Å². The molecule has 144 valence electrons. The van der Waals surface area contributed by atoms with Gasteiger partial charge in [-0.1, -0.05) is 18.6 Å². The molecule has 0 radical (unpaired) electrons.